The Balaban J connectivity index is 1.80. The Morgan fingerprint density at radius 2 is 1.80 bits per heavy atom. The lowest BCUT2D eigenvalue weighted by Gasteiger charge is -2.15. The molecule has 4 heteroatoms. The van der Waals surface area contributed by atoms with Crippen LogP contribution in [0, 0.1) is 0 Å². The van der Waals surface area contributed by atoms with E-state index in [1.54, 1.807) is 6.07 Å². The van der Waals surface area contributed by atoms with Crippen LogP contribution in [0.1, 0.15) is 42.3 Å². The van der Waals surface area contributed by atoms with E-state index in [0.717, 1.165) is 27.7 Å². The number of benzene rings is 2. The summed E-state index contributed by atoms with van der Waals surface area (Å²) in [5.41, 5.74) is 2.91. The van der Waals surface area contributed by atoms with Gasteiger partial charge in [0.1, 0.15) is 5.76 Å². The third-order valence-corrected chi connectivity index (χ3v) is 4.84. The van der Waals surface area contributed by atoms with E-state index in [-0.39, 0.29) is 5.91 Å². The van der Waals surface area contributed by atoms with Gasteiger partial charge in [-0.05, 0) is 48.2 Å². The fraction of sp³-hybridized carbons (Fsp3) is 0.190. The Hall–Kier alpha value is -2.33. The smallest absolute Gasteiger partial charge is 0.291 e. The van der Waals surface area contributed by atoms with Crippen LogP contribution in [0.5, 0.6) is 0 Å². The van der Waals surface area contributed by atoms with E-state index in [4.69, 9.17) is 4.42 Å². The fourth-order valence-corrected chi connectivity index (χ4v) is 2.94. The lowest BCUT2D eigenvalue weighted by atomic mass is 9.97. The number of furan rings is 1. The first-order valence-corrected chi connectivity index (χ1v) is 9.14. The number of hydrogen-bond donors (Lipinski definition) is 1. The van der Waals surface area contributed by atoms with Crippen molar-refractivity contribution in [1.29, 1.82) is 0 Å². The van der Waals surface area contributed by atoms with E-state index >= 15 is 0 Å². The van der Waals surface area contributed by atoms with Gasteiger partial charge in [0.25, 0.3) is 5.91 Å². The number of carbonyl (C=O) groups is 1. The molecule has 1 amide bonds. The molecule has 128 valence electrons. The van der Waals surface area contributed by atoms with Crippen LogP contribution in [0.3, 0.4) is 0 Å². The summed E-state index contributed by atoms with van der Waals surface area (Å²) in [6.45, 7) is 4.30. The predicted octanol–water partition coefficient (Wildman–Crippen LogP) is 6.47. The van der Waals surface area contributed by atoms with Gasteiger partial charge in [0.15, 0.2) is 5.76 Å². The minimum atomic E-state index is -0.237. The van der Waals surface area contributed by atoms with E-state index in [9.17, 15) is 4.79 Å². The van der Waals surface area contributed by atoms with Crippen molar-refractivity contribution in [3.8, 4) is 11.3 Å². The molecule has 3 aromatic rings. The van der Waals surface area contributed by atoms with Crippen LogP contribution in [-0.4, -0.2) is 5.91 Å². The Morgan fingerprint density at radius 1 is 1.08 bits per heavy atom. The number of hydrogen-bond acceptors (Lipinski definition) is 2. The summed E-state index contributed by atoms with van der Waals surface area (Å²) in [7, 11) is 0. The second-order valence-corrected chi connectivity index (χ2v) is 6.94. The van der Waals surface area contributed by atoms with Crippen molar-refractivity contribution < 1.29 is 9.21 Å². The molecule has 1 heterocycles. The van der Waals surface area contributed by atoms with E-state index in [2.05, 4.69) is 41.2 Å². The van der Waals surface area contributed by atoms with E-state index in [1.807, 2.05) is 48.5 Å². The highest BCUT2D eigenvalue weighted by molar-refractivity contribution is 9.10. The molecule has 25 heavy (non-hydrogen) atoms. The second-order valence-electron chi connectivity index (χ2n) is 6.02. The van der Waals surface area contributed by atoms with Crippen LogP contribution in [0.25, 0.3) is 11.3 Å². The summed E-state index contributed by atoms with van der Waals surface area (Å²) < 4.78 is 6.75. The molecule has 0 aliphatic heterocycles. The molecule has 0 spiro atoms. The van der Waals surface area contributed by atoms with Gasteiger partial charge in [-0.25, -0.2) is 0 Å². The highest BCUT2D eigenvalue weighted by Crippen LogP contribution is 2.28. The number of rotatable bonds is 5. The standard InChI is InChI=1S/C21H20BrNO2/c1-3-14(2)17-6-4-5-7-18(17)23-21(24)20-13-12-19(25-20)15-8-10-16(22)11-9-15/h4-14H,3H2,1-2H3,(H,23,24)/t14-/m1/s1. The largest absolute Gasteiger partial charge is 0.451 e. The molecular weight excluding hydrogens is 378 g/mol. The van der Waals surface area contributed by atoms with Crippen LogP contribution >= 0.6 is 15.9 Å². The zero-order valence-corrected chi connectivity index (χ0v) is 15.8. The minimum absolute atomic E-state index is 0.237. The molecule has 1 aromatic heterocycles. The molecular formula is C21H20BrNO2. The SMILES string of the molecule is CC[C@@H](C)c1ccccc1NC(=O)c1ccc(-c2ccc(Br)cc2)o1. The minimum Gasteiger partial charge on any atom is -0.451 e. The predicted molar refractivity (Wildman–Crippen MR) is 105 cm³/mol. The second kappa shape index (κ2) is 7.70. The molecule has 0 aliphatic carbocycles. The van der Waals surface area contributed by atoms with Crippen LogP contribution in [-0.2, 0) is 0 Å². The molecule has 3 nitrogen and oxygen atoms in total. The average Bonchev–Trinajstić information content (AvgIpc) is 3.12. The lowest BCUT2D eigenvalue weighted by Crippen LogP contribution is -2.13. The van der Waals surface area contributed by atoms with Crippen molar-refractivity contribution >= 4 is 27.5 Å². The highest BCUT2D eigenvalue weighted by Gasteiger charge is 2.15. The molecule has 0 aliphatic rings. The number of para-hydroxylation sites is 1. The molecule has 0 unspecified atom stereocenters. The van der Waals surface area contributed by atoms with Crippen molar-refractivity contribution in [2.75, 3.05) is 5.32 Å². The van der Waals surface area contributed by atoms with E-state index in [1.165, 1.54) is 0 Å². The van der Waals surface area contributed by atoms with Crippen molar-refractivity contribution in [2.24, 2.45) is 0 Å². The third-order valence-electron chi connectivity index (χ3n) is 4.31. The molecule has 1 N–H and O–H groups in total. The maximum absolute atomic E-state index is 12.6. The first-order valence-electron chi connectivity index (χ1n) is 8.34. The number of nitrogens with one attached hydrogen (secondary N) is 1. The molecule has 2 aromatic carbocycles. The third kappa shape index (κ3) is 4.02. The average molecular weight is 398 g/mol. The monoisotopic (exact) mass is 397 g/mol. The number of halogens is 1. The number of anilines is 1. The van der Waals surface area contributed by atoms with Crippen molar-refractivity contribution in [2.45, 2.75) is 26.2 Å². The van der Waals surface area contributed by atoms with Gasteiger partial charge < -0.3 is 9.73 Å². The van der Waals surface area contributed by atoms with Gasteiger partial charge >= 0.3 is 0 Å². The molecule has 0 bridgehead atoms. The van der Waals surface area contributed by atoms with Crippen molar-refractivity contribution in [3.05, 3.63) is 76.5 Å². The van der Waals surface area contributed by atoms with Gasteiger partial charge in [0.05, 0.1) is 0 Å². The summed E-state index contributed by atoms with van der Waals surface area (Å²) in [4.78, 5) is 12.6. The maximum Gasteiger partial charge on any atom is 0.291 e. The molecule has 0 saturated heterocycles. The molecule has 3 rings (SSSR count). The van der Waals surface area contributed by atoms with Gasteiger partial charge in [-0.1, -0.05) is 60.1 Å². The molecule has 0 fully saturated rings. The first-order chi connectivity index (χ1) is 12.1. The van der Waals surface area contributed by atoms with E-state index < -0.39 is 0 Å². The maximum atomic E-state index is 12.6. The van der Waals surface area contributed by atoms with Gasteiger partial charge in [-0.2, -0.15) is 0 Å². The molecule has 0 saturated carbocycles. The van der Waals surface area contributed by atoms with Crippen LogP contribution < -0.4 is 5.32 Å². The highest BCUT2D eigenvalue weighted by atomic mass is 79.9. The number of amides is 1. The Bertz CT molecular complexity index is 868. The van der Waals surface area contributed by atoms with Crippen LogP contribution in [0.4, 0.5) is 5.69 Å². The Morgan fingerprint density at radius 3 is 2.52 bits per heavy atom. The normalized spacial score (nSPS) is 12.0. The zero-order valence-electron chi connectivity index (χ0n) is 14.3. The van der Waals surface area contributed by atoms with Crippen LogP contribution in [0.2, 0.25) is 0 Å². The van der Waals surface area contributed by atoms with Gasteiger partial charge in [-0.15, -0.1) is 0 Å². The van der Waals surface area contributed by atoms with Gasteiger partial charge in [-0.3, -0.25) is 4.79 Å². The fourth-order valence-electron chi connectivity index (χ4n) is 2.67. The number of carbonyl (C=O) groups excluding carboxylic acids is 1. The van der Waals surface area contributed by atoms with E-state index in [0.29, 0.717) is 17.4 Å². The summed E-state index contributed by atoms with van der Waals surface area (Å²) in [6, 6.07) is 19.2. The first kappa shape index (κ1) is 17.5. The summed E-state index contributed by atoms with van der Waals surface area (Å²) >= 11 is 3.41. The van der Waals surface area contributed by atoms with Crippen molar-refractivity contribution in [3.63, 3.8) is 0 Å². The summed E-state index contributed by atoms with van der Waals surface area (Å²) in [5, 5.41) is 2.98. The lowest BCUT2D eigenvalue weighted by molar-refractivity contribution is 0.0997. The van der Waals surface area contributed by atoms with Crippen molar-refractivity contribution in [1.82, 2.24) is 0 Å². The molecule has 0 radical (unpaired) electrons. The summed E-state index contributed by atoms with van der Waals surface area (Å²) in [6.07, 6.45) is 1.02. The Kier molecular flexibility index (Phi) is 5.39. The van der Waals surface area contributed by atoms with Gasteiger partial charge in [0.2, 0.25) is 0 Å². The van der Waals surface area contributed by atoms with Crippen LogP contribution in [0.15, 0.2) is 69.6 Å². The topological polar surface area (TPSA) is 42.2 Å². The Labute approximate surface area is 156 Å². The van der Waals surface area contributed by atoms with Gasteiger partial charge in [0, 0.05) is 15.7 Å². The zero-order chi connectivity index (χ0) is 17.8. The summed E-state index contributed by atoms with van der Waals surface area (Å²) in [5.74, 6) is 1.12. The quantitative estimate of drug-likeness (QED) is 0.535. The molecule has 1 atom stereocenters.